The molecule has 0 aromatic carbocycles. The van der Waals surface area contributed by atoms with Crippen molar-refractivity contribution in [3.63, 3.8) is 0 Å². The third-order valence-electron chi connectivity index (χ3n) is 1.27. The van der Waals surface area contributed by atoms with E-state index in [1.165, 1.54) is 0 Å². The van der Waals surface area contributed by atoms with Crippen molar-refractivity contribution in [2.24, 2.45) is 4.99 Å². The number of imide groups is 1. The number of carbonyl (C=O) groups is 3. The van der Waals surface area contributed by atoms with Gasteiger partial charge in [0.05, 0.1) is 1.37 Å². The molecule has 3 N–H and O–H groups in total. The first-order valence-corrected chi connectivity index (χ1v) is 2.95. The molecule has 2 aliphatic heterocycles. The molecule has 12 heavy (non-hydrogen) atoms. The van der Waals surface area contributed by atoms with Crippen LogP contribution in [0.25, 0.3) is 0 Å². The molecule has 1 atom stereocenters. The van der Waals surface area contributed by atoms with Crippen LogP contribution in [0.2, 0.25) is 2.82 Å². The van der Waals surface area contributed by atoms with Gasteiger partial charge in [0, 0.05) is 0 Å². The van der Waals surface area contributed by atoms with E-state index in [2.05, 4.69) is 4.99 Å². The van der Waals surface area contributed by atoms with Gasteiger partial charge in [-0.05, 0) is 0 Å². The molecule has 0 spiro atoms. The molecule has 7 heteroatoms. The molecule has 1 saturated heterocycles. The minimum absolute atomic E-state index is 0.00509. The second-order valence-corrected chi connectivity index (χ2v) is 2.05. The Morgan fingerprint density at radius 1 is 1.50 bits per heavy atom. The zero-order valence-corrected chi connectivity index (χ0v) is 5.57. The normalized spacial score (nSPS) is 38.2. The van der Waals surface area contributed by atoms with Gasteiger partial charge in [-0.15, -0.1) is 0 Å². The van der Waals surface area contributed by atoms with E-state index in [9.17, 15) is 14.4 Å². The number of hydrogen-bond donors (Lipinski definition) is 3. The molecule has 1 unspecified atom stereocenters. The highest BCUT2D eigenvalue weighted by atomic mass is 16.2. The number of amides is 5. The highest BCUT2D eigenvalue weighted by molar-refractivity contribution is 6.47. The average Bonchev–Trinajstić information content (AvgIpc) is 2.49. The van der Waals surface area contributed by atoms with Crippen LogP contribution in [0.15, 0.2) is 4.99 Å². The number of rotatable bonds is 0. The summed E-state index contributed by atoms with van der Waals surface area (Å²) in [7, 11) is 0. The summed E-state index contributed by atoms with van der Waals surface area (Å²) in [6, 6.07) is -2.31. The Labute approximate surface area is 70.5 Å². The Balaban J connectivity index is 2.54. The first-order chi connectivity index (χ1) is 6.88. The van der Waals surface area contributed by atoms with Crippen molar-refractivity contribution >= 4 is 23.7 Å². The predicted octanol–water partition coefficient (Wildman–Crippen LogP) is -1.68. The van der Waals surface area contributed by atoms with E-state index in [4.69, 9.17) is 4.19 Å². The quantitative estimate of drug-likeness (QED) is 0.405. The predicted molar refractivity (Wildman–Crippen MR) is 36.4 cm³/mol. The first kappa shape index (κ1) is 4.19. The molecule has 7 nitrogen and oxygen atoms in total. The minimum atomic E-state index is -2.32. The molecule has 2 aliphatic rings. The molecule has 0 radical (unpaired) electrons. The van der Waals surface area contributed by atoms with Gasteiger partial charge in [0.1, 0.15) is 0 Å². The molecule has 62 valence electrons. The first-order valence-electron chi connectivity index (χ1n) is 4.35. The Kier molecular flexibility index (Phi) is 0.710. The van der Waals surface area contributed by atoms with Crippen LogP contribution in [0.5, 0.6) is 0 Å². The van der Waals surface area contributed by atoms with Crippen LogP contribution >= 0.6 is 0 Å². The van der Waals surface area contributed by atoms with Gasteiger partial charge in [-0.1, -0.05) is 0 Å². The van der Waals surface area contributed by atoms with Crippen molar-refractivity contribution in [1.29, 1.82) is 0 Å². The van der Waals surface area contributed by atoms with Gasteiger partial charge in [0.15, 0.2) is 14.7 Å². The second kappa shape index (κ2) is 2.03. The monoisotopic (exact) mass is 171 g/mol. The van der Waals surface area contributed by atoms with Crippen LogP contribution in [-0.2, 0) is 4.79 Å². The van der Waals surface area contributed by atoms with Gasteiger partial charge < -0.3 is 10.6 Å². The SMILES string of the molecule is [2H]N1C(=O)C2=NC(=O)NC2([2H])N([2H])C1=O. The van der Waals surface area contributed by atoms with Crippen molar-refractivity contribution in [2.75, 3.05) is 0 Å². The van der Waals surface area contributed by atoms with Crippen molar-refractivity contribution in [3.05, 3.63) is 0 Å². The van der Waals surface area contributed by atoms with Crippen molar-refractivity contribution < 1.29 is 18.6 Å². The number of fused-ring (bicyclic) bond motifs is 1. The molecule has 5 amide bonds. The van der Waals surface area contributed by atoms with Crippen molar-refractivity contribution in [1.82, 2.24) is 15.9 Å². The van der Waals surface area contributed by atoms with Gasteiger partial charge in [-0.25, -0.2) is 9.59 Å². The summed E-state index contributed by atoms with van der Waals surface area (Å²) in [5, 5.41) is 1.75. The third kappa shape index (κ3) is 0.831. The number of nitrogens with zero attached hydrogens (tertiary/aromatic N) is 1. The Morgan fingerprint density at radius 3 is 3.00 bits per heavy atom. The zero-order valence-electron chi connectivity index (χ0n) is 8.57. The van der Waals surface area contributed by atoms with Gasteiger partial charge in [-0.3, -0.25) is 10.1 Å². The summed E-state index contributed by atoms with van der Waals surface area (Å²) >= 11 is 0. The Morgan fingerprint density at radius 2 is 2.25 bits per heavy atom. The molecular formula is C5H4N4O3. The lowest BCUT2D eigenvalue weighted by Crippen LogP contribution is -2.61. The van der Waals surface area contributed by atoms with E-state index in [1.807, 2.05) is 5.32 Å². The molecule has 0 saturated carbocycles. The van der Waals surface area contributed by atoms with Crippen LogP contribution in [-0.4, -0.2) is 29.8 Å². The number of carbonyl (C=O) groups excluding carboxylic acids is 3. The number of nitrogens with one attached hydrogen (secondary N) is 3. The maximum absolute atomic E-state index is 11.3. The Hall–Kier alpha value is -1.92. The zero-order chi connectivity index (χ0) is 11.4. The second-order valence-electron chi connectivity index (χ2n) is 2.05. The summed E-state index contributed by atoms with van der Waals surface area (Å²) in [5.74, 6) is -1.18. The molecular weight excluding hydrogens is 164 g/mol. The average molecular weight is 171 g/mol. The molecule has 0 aliphatic carbocycles. The van der Waals surface area contributed by atoms with E-state index in [0.29, 0.717) is 0 Å². The van der Waals surface area contributed by atoms with Crippen molar-refractivity contribution in [2.45, 2.75) is 6.14 Å². The van der Waals surface area contributed by atoms with E-state index < -0.39 is 29.8 Å². The van der Waals surface area contributed by atoms with Gasteiger partial charge in [0.2, 0.25) is 0 Å². The van der Waals surface area contributed by atoms with E-state index in [-0.39, 0.29) is 10.6 Å². The number of hydrogen-bond acceptors (Lipinski definition) is 3. The lowest BCUT2D eigenvalue weighted by molar-refractivity contribution is -0.114. The summed E-state index contributed by atoms with van der Waals surface area (Å²) in [4.78, 5) is 36.4. The summed E-state index contributed by atoms with van der Waals surface area (Å²) in [5.41, 5.74) is -0.655. The summed E-state index contributed by atoms with van der Waals surface area (Å²) < 4.78 is 21.7. The van der Waals surface area contributed by atoms with Crippen LogP contribution in [0.4, 0.5) is 9.59 Å². The number of aliphatic imine (C=N–C) groups is 1. The largest absolute Gasteiger partial charge is 0.343 e. The lowest BCUT2D eigenvalue weighted by Gasteiger charge is -2.19. The minimum Gasteiger partial charge on any atom is -0.312 e. The van der Waals surface area contributed by atoms with Crippen LogP contribution in [0, 0.1) is 0 Å². The molecule has 2 rings (SSSR count). The molecule has 1 fully saturated rings. The molecule has 0 aromatic rings. The number of urea groups is 2. The van der Waals surface area contributed by atoms with E-state index in [0.717, 1.165) is 0 Å². The van der Waals surface area contributed by atoms with Crippen LogP contribution in [0.3, 0.4) is 0 Å². The highest BCUT2D eigenvalue weighted by Crippen LogP contribution is 2.01. The fraction of sp³-hybridized carbons (Fsp3) is 0.200. The third-order valence-corrected chi connectivity index (χ3v) is 1.27. The maximum atomic E-state index is 11.3. The molecule has 2 heterocycles. The summed E-state index contributed by atoms with van der Waals surface area (Å²) in [6.45, 7) is 0. The standard InChI is InChI=1S/C5H4N4O3/c10-3-1-2(7-4(11)6-1)8-5(12)9-3/h2H,(H,7,11)(H2,8,9,10,12)/i2D/hD2. The maximum Gasteiger partial charge on any atom is 0.343 e. The van der Waals surface area contributed by atoms with Gasteiger partial charge in [-0.2, -0.15) is 4.99 Å². The smallest absolute Gasteiger partial charge is 0.312 e. The van der Waals surface area contributed by atoms with E-state index >= 15 is 0 Å². The fourth-order valence-electron chi connectivity index (χ4n) is 0.833. The van der Waals surface area contributed by atoms with Gasteiger partial charge >= 0.3 is 12.1 Å². The van der Waals surface area contributed by atoms with Crippen LogP contribution in [0.1, 0.15) is 1.37 Å². The van der Waals surface area contributed by atoms with E-state index in [1.54, 1.807) is 0 Å². The molecule has 0 aromatic heterocycles. The summed E-state index contributed by atoms with van der Waals surface area (Å²) in [6.07, 6.45) is -2.32. The van der Waals surface area contributed by atoms with Crippen molar-refractivity contribution in [3.8, 4) is 0 Å². The molecule has 0 bridgehead atoms. The topological polar surface area (TPSA) is 99.7 Å². The fourth-order valence-corrected chi connectivity index (χ4v) is 0.833. The lowest BCUT2D eigenvalue weighted by atomic mass is 10.2. The van der Waals surface area contributed by atoms with Gasteiger partial charge in [0.25, 0.3) is 5.91 Å². The Bertz CT molecular complexity index is 424. The van der Waals surface area contributed by atoms with Crippen LogP contribution < -0.4 is 15.9 Å². The highest BCUT2D eigenvalue weighted by Gasteiger charge is 2.36.